The van der Waals surface area contributed by atoms with Crippen molar-refractivity contribution in [1.82, 2.24) is 0 Å². The molecule has 0 saturated heterocycles. The van der Waals surface area contributed by atoms with E-state index in [-0.39, 0.29) is 13.0 Å². The molecule has 0 fully saturated rings. The SMILES string of the molecule is CCOC(=O)C(CCCOC)(C(=O)O)c1ccc(Cl)cc1. The van der Waals surface area contributed by atoms with Crippen molar-refractivity contribution in [3.05, 3.63) is 34.9 Å². The summed E-state index contributed by atoms with van der Waals surface area (Å²) in [6, 6.07) is 6.20. The van der Waals surface area contributed by atoms with Crippen LogP contribution in [-0.4, -0.2) is 37.4 Å². The summed E-state index contributed by atoms with van der Waals surface area (Å²) < 4.78 is 9.94. The quantitative estimate of drug-likeness (QED) is 0.453. The van der Waals surface area contributed by atoms with Gasteiger partial charge in [0.05, 0.1) is 6.61 Å². The molecule has 0 spiro atoms. The van der Waals surface area contributed by atoms with Crippen LogP contribution in [0.2, 0.25) is 5.02 Å². The van der Waals surface area contributed by atoms with Gasteiger partial charge in [-0.05, 0) is 37.5 Å². The van der Waals surface area contributed by atoms with Crippen molar-refractivity contribution in [3.8, 4) is 0 Å². The van der Waals surface area contributed by atoms with Gasteiger partial charge in [0, 0.05) is 18.7 Å². The first kappa shape index (κ1) is 17.5. The fraction of sp³-hybridized carbons (Fsp3) is 0.467. The van der Waals surface area contributed by atoms with Gasteiger partial charge >= 0.3 is 11.9 Å². The number of hydrogen-bond acceptors (Lipinski definition) is 4. The Morgan fingerprint density at radius 2 is 1.90 bits per heavy atom. The molecular formula is C15H19ClO5. The molecule has 0 heterocycles. The van der Waals surface area contributed by atoms with Crippen LogP contribution in [0.5, 0.6) is 0 Å². The number of carbonyl (C=O) groups is 2. The minimum atomic E-state index is -1.74. The second-order valence-corrected chi connectivity index (χ2v) is 4.97. The van der Waals surface area contributed by atoms with E-state index in [9.17, 15) is 14.7 Å². The van der Waals surface area contributed by atoms with Crippen LogP contribution in [0, 0.1) is 0 Å². The van der Waals surface area contributed by atoms with Gasteiger partial charge in [0.15, 0.2) is 5.41 Å². The lowest BCUT2D eigenvalue weighted by atomic mass is 9.76. The van der Waals surface area contributed by atoms with Crippen LogP contribution in [-0.2, 0) is 24.5 Å². The molecule has 1 atom stereocenters. The van der Waals surface area contributed by atoms with E-state index in [0.29, 0.717) is 23.6 Å². The Labute approximate surface area is 128 Å². The third-order valence-corrected chi connectivity index (χ3v) is 3.48. The number of esters is 1. The maximum absolute atomic E-state index is 12.3. The van der Waals surface area contributed by atoms with Crippen molar-refractivity contribution in [3.63, 3.8) is 0 Å². The van der Waals surface area contributed by atoms with Gasteiger partial charge in [-0.2, -0.15) is 0 Å². The molecule has 0 aromatic heterocycles. The summed E-state index contributed by atoms with van der Waals surface area (Å²) in [6.45, 7) is 2.12. The van der Waals surface area contributed by atoms with Gasteiger partial charge in [-0.1, -0.05) is 23.7 Å². The van der Waals surface area contributed by atoms with Gasteiger partial charge in [-0.3, -0.25) is 9.59 Å². The average molecular weight is 315 g/mol. The smallest absolute Gasteiger partial charge is 0.328 e. The van der Waals surface area contributed by atoms with Crippen LogP contribution in [0.1, 0.15) is 25.3 Å². The van der Waals surface area contributed by atoms with Crippen molar-refractivity contribution in [1.29, 1.82) is 0 Å². The Morgan fingerprint density at radius 1 is 1.29 bits per heavy atom. The highest BCUT2D eigenvalue weighted by molar-refractivity contribution is 6.30. The van der Waals surface area contributed by atoms with Crippen LogP contribution in [0.15, 0.2) is 24.3 Å². The molecule has 21 heavy (non-hydrogen) atoms. The number of carboxylic acid groups (broad SMARTS) is 1. The van der Waals surface area contributed by atoms with Crippen LogP contribution >= 0.6 is 11.6 Å². The lowest BCUT2D eigenvalue weighted by Gasteiger charge is -2.27. The predicted molar refractivity (Wildman–Crippen MR) is 78.5 cm³/mol. The minimum Gasteiger partial charge on any atom is -0.480 e. The van der Waals surface area contributed by atoms with Crippen molar-refractivity contribution in [2.75, 3.05) is 20.3 Å². The maximum atomic E-state index is 12.3. The predicted octanol–water partition coefficient (Wildman–Crippen LogP) is 2.65. The minimum absolute atomic E-state index is 0.0939. The molecule has 0 bridgehead atoms. The Hall–Kier alpha value is -1.59. The van der Waals surface area contributed by atoms with Crippen molar-refractivity contribution >= 4 is 23.5 Å². The molecule has 1 rings (SSSR count). The number of ether oxygens (including phenoxy) is 2. The van der Waals surface area contributed by atoms with Crippen LogP contribution in [0.3, 0.4) is 0 Å². The fourth-order valence-corrected chi connectivity index (χ4v) is 2.28. The number of benzene rings is 1. The number of carbonyl (C=O) groups excluding carboxylic acids is 1. The number of methoxy groups -OCH3 is 1. The third kappa shape index (κ3) is 3.95. The van der Waals surface area contributed by atoms with Gasteiger partial charge in [0.2, 0.25) is 0 Å². The molecule has 0 amide bonds. The summed E-state index contributed by atoms with van der Waals surface area (Å²) in [5.41, 5.74) is -1.38. The van der Waals surface area contributed by atoms with Crippen molar-refractivity contribution in [2.45, 2.75) is 25.2 Å². The van der Waals surface area contributed by atoms with E-state index in [4.69, 9.17) is 21.1 Å². The van der Waals surface area contributed by atoms with Gasteiger partial charge in [-0.15, -0.1) is 0 Å². The van der Waals surface area contributed by atoms with Gasteiger partial charge in [-0.25, -0.2) is 0 Å². The summed E-state index contributed by atoms with van der Waals surface area (Å²) in [5.74, 6) is -2.00. The molecular weight excluding hydrogens is 296 g/mol. The van der Waals surface area contributed by atoms with Gasteiger partial charge in [0.25, 0.3) is 0 Å². The van der Waals surface area contributed by atoms with Crippen molar-refractivity contribution < 1.29 is 24.2 Å². The lowest BCUT2D eigenvalue weighted by molar-refractivity contribution is -0.162. The highest BCUT2D eigenvalue weighted by atomic mass is 35.5. The summed E-state index contributed by atoms with van der Waals surface area (Å²) in [5, 5.41) is 10.1. The normalized spacial score (nSPS) is 13.5. The zero-order chi connectivity index (χ0) is 15.9. The molecule has 6 heteroatoms. The van der Waals surface area contributed by atoms with Crippen LogP contribution < -0.4 is 0 Å². The van der Waals surface area contributed by atoms with E-state index >= 15 is 0 Å². The summed E-state index contributed by atoms with van der Waals surface area (Å²) in [7, 11) is 1.52. The highest BCUT2D eigenvalue weighted by Crippen LogP contribution is 2.32. The van der Waals surface area contributed by atoms with Gasteiger partial charge < -0.3 is 14.6 Å². The fourth-order valence-electron chi connectivity index (χ4n) is 2.15. The second kappa shape index (κ2) is 8.00. The molecule has 0 aliphatic carbocycles. The first-order valence-corrected chi connectivity index (χ1v) is 7.02. The lowest BCUT2D eigenvalue weighted by Crippen LogP contribution is -2.45. The van der Waals surface area contributed by atoms with E-state index in [1.165, 1.54) is 7.11 Å². The highest BCUT2D eigenvalue weighted by Gasteiger charge is 2.48. The topological polar surface area (TPSA) is 72.8 Å². The Kier molecular flexibility index (Phi) is 6.65. The Balaban J connectivity index is 3.25. The Bertz CT molecular complexity index is 485. The average Bonchev–Trinajstić information content (AvgIpc) is 2.45. The van der Waals surface area contributed by atoms with E-state index in [0.717, 1.165) is 0 Å². The largest absolute Gasteiger partial charge is 0.480 e. The zero-order valence-corrected chi connectivity index (χ0v) is 12.9. The molecule has 116 valence electrons. The first-order chi connectivity index (χ1) is 9.98. The molecule has 1 unspecified atom stereocenters. The summed E-state index contributed by atoms with van der Waals surface area (Å²) in [6.07, 6.45) is 0.515. The summed E-state index contributed by atoms with van der Waals surface area (Å²) in [4.78, 5) is 24.2. The molecule has 1 N–H and O–H groups in total. The Morgan fingerprint density at radius 3 is 2.38 bits per heavy atom. The second-order valence-electron chi connectivity index (χ2n) is 4.53. The van der Waals surface area contributed by atoms with Gasteiger partial charge in [0.1, 0.15) is 0 Å². The van der Waals surface area contributed by atoms with Crippen LogP contribution in [0.4, 0.5) is 0 Å². The molecule has 1 aromatic carbocycles. The molecule has 0 saturated carbocycles. The molecule has 0 aliphatic heterocycles. The maximum Gasteiger partial charge on any atom is 0.328 e. The van der Waals surface area contributed by atoms with E-state index in [2.05, 4.69) is 0 Å². The number of aliphatic carboxylic acids is 1. The van der Waals surface area contributed by atoms with E-state index < -0.39 is 17.4 Å². The summed E-state index contributed by atoms with van der Waals surface area (Å²) >= 11 is 5.83. The zero-order valence-electron chi connectivity index (χ0n) is 12.1. The standard InChI is InChI=1S/C15H19ClO5/c1-3-21-14(19)15(13(17)18,9-4-10-20-2)11-5-7-12(16)8-6-11/h5-8H,3-4,9-10H2,1-2H3,(H,17,18). The number of carboxylic acids is 1. The monoisotopic (exact) mass is 314 g/mol. The molecule has 0 aliphatic rings. The number of rotatable bonds is 8. The molecule has 5 nitrogen and oxygen atoms in total. The van der Waals surface area contributed by atoms with Crippen molar-refractivity contribution in [2.24, 2.45) is 0 Å². The van der Waals surface area contributed by atoms with E-state index in [1.807, 2.05) is 0 Å². The number of hydrogen-bond donors (Lipinski definition) is 1. The van der Waals surface area contributed by atoms with Crippen LogP contribution in [0.25, 0.3) is 0 Å². The molecule has 0 radical (unpaired) electrons. The molecule has 1 aromatic rings. The first-order valence-electron chi connectivity index (χ1n) is 6.64. The third-order valence-electron chi connectivity index (χ3n) is 3.23. The van der Waals surface area contributed by atoms with E-state index in [1.54, 1.807) is 31.2 Å². The number of halogens is 1.